The first-order valence-electron chi connectivity index (χ1n) is 9.94. The van der Waals surface area contributed by atoms with Crippen LogP contribution in [0.4, 0.5) is 4.39 Å². The number of ether oxygens (including phenoxy) is 1. The second kappa shape index (κ2) is 6.98. The van der Waals surface area contributed by atoms with Gasteiger partial charge in [0.15, 0.2) is 12.0 Å². The average Bonchev–Trinajstić information content (AvgIpc) is 3.31. The van der Waals surface area contributed by atoms with Crippen molar-refractivity contribution in [3.8, 4) is 28.6 Å². The van der Waals surface area contributed by atoms with Crippen LogP contribution in [0.3, 0.4) is 0 Å². The molecular weight excluding hydrogens is 389 g/mol. The molecule has 2 bridgehead atoms. The van der Waals surface area contributed by atoms with Crippen LogP contribution in [0, 0.1) is 6.92 Å². The van der Waals surface area contributed by atoms with Gasteiger partial charge in [-0.25, -0.2) is 4.39 Å². The van der Waals surface area contributed by atoms with Crippen molar-refractivity contribution in [2.45, 2.75) is 57.0 Å². The number of aromatic nitrogens is 6. The van der Waals surface area contributed by atoms with Crippen LogP contribution in [0.25, 0.3) is 16.9 Å². The normalized spacial score (nSPS) is 27.9. The number of phenols is 1. The zero-order valence-corrected chi connectivity index (χ0v) is 16.7. The van der Waals surface area contributed by atoms with Crippen molar-refractivity contribution in [2.24, 2.45) is 0 Å². The standard InChI is InChI=1S/C20H22FN7O2/c1-11-23-27-28(26-11)13-3-4-14(16(29)10-13)15-5-6-18(25-24-15)30-17-9-12-7-8-20(2,22-12)19(17)21/h3-6,10,12,17,19,22,29H,7-9H2,1-2H3/t12-,17-,19+,20+/m1/s1. The van der Waals surface area contributed by atoms with Crippen LogP contribution in [-0.4, -0.2) is 59.4 Å². The van der Waals surface area contributed by atoms with E-state index in [2.05, 4.69) is 30.9 Å². The first-order valence-corrected chi connectivity index (χ1v) is 9.94. The van der Waals surface area contributed by atoms with Gasteiger partial charge in [-0.15, -0.1) is 25.2 Å². The quantitative estimate of drug-likeness (QED) is 0.672. The number of tetrazole rings is 1. The minimum atomic E-state index is -1.11. The van der Waals surface area contributed by atoms with Gasteiger partial charge in [-0.3, -0.25) is 0 Å². The molecule has 2 N–H and O–H groups in total. The third-order valence-corrected chi connectivity index (χ3v) is 5.91. The number of alkyl halides is 1. The third-order valence-electron chi connectivity index (χ3n) is 5.91. The fourth-order valence-electron chi connectivity index (χ4n) is 4.33. The Labute approximate surface area is 172 Å². The van der Waals surface area contributed by atoms with Gasteiger partial charge < -0.3 is 15.2 Å². The zero-order chi connectivity index (χ0) is 20.9. The van der Waals surface area contributed by atoms with Gasteiger partial charge in [-0.1, -0.05) is 0 Å². The third kappa shape index (κ3) is 3.26. The molecule has 2 fully saturated rings. The van der Waals surface area contributed by atoms with E-state index in [1.807, 2.05) is 6.92 Å². The van der Waals surface area contributed by atoms with Crippen LogP contribution in [0.1, 0.15) is 32.0 Å². The maximum atomic E-state index is 14.9. The summed E-state index contributed by atoms with van der Waals surface area (Å²) in [6, 6.07) is 8.61. The second-order valence-electron chi connectivity index (χ2n) is 8.18. The Morgan fingerprint density at radius 3 is 2.80 bits per heavy atom. The van der Waals surface area contributed by atoms with E-state index in [1.54, 1.807) is 31.2 Å². The Morgan fingerprint density at radius 1 is 1.23 bits per heavy atom. The highest BCUT2D eigenvalue weighted by Gasteiger charge is 2.51. The predicted octanol–water partition coefficient (Wildman–Crippen LogP) is 2.13. The number of nitrogens with zero attached hydrogens (tertiary/aromatic N) is 6. The van der Waals surface area contributed by atoms with Crippen molar-refractivity contribution in [2.75, 3.05) is 0 Å². The molecule has 4 heterocycles. The van der Waals surface area contributed by atoms with Crippen LogP contribution in [-0.2, 0) is 0 Å². The molecule has 5 rings (SSSR count). The number of nitrogens with one attached hydrogen (secondary N) is 1. The molecule has 2 aromatic heterocycles. The fraction of sp³-hybridized carbons (Fsp3) is 0.450. The van der Waals surface area contributed by atoms with Crippen molar-refractivity contribution >= 4 is 0 Å². The molecule has 0 spiro atoms. The Morgan fingerprint density at radius 2 is 2.10 bits per heavy atom. The van der Waals surface area contributed by atoms with Gasteiger partial charge in [0.2, 0.25) is 5.88 Å². The van der Waals surface area contributed by atoms with Gasteiger partial charge in [0.25, 0.3) is 0 Å². The van der Waals surface area contributed by atoms with Gasteiger partial charge in [0.1, 0.15) is 11.9 Å². The fourth-order valence-corrected chi connectivity index (χ4v) is 4.33. The van der Waals surface area contributed by atoms with Gasteiger partial charge in [0.05, 0.1) is 16.9 Å². The number of phenolic OH excluding ortho intramolecular Hbond substituents is 1. The monoisotopic (exact) mass is 411 g/mol. The summed E-state index contributed by atoms with van der Waals surface area (Å²) in [5, 5.41) is 33.9. The molecule has 2 aliphatic rings. The van der Waals surface area contributed by atoms with E-state index in [4.69, 9.17) is 4.74 Å². The minimum Gasteiger partial charge on any atom is -0.507 e. The topological polar surface area (TPSA) is 111 Å². The van der Waals surface area contributed by atoms with Crippen LogP contribution in [0.2, 0.25) is 0 Å². The molecule has 0 radical (unpaired) electrons. The van der Waals surface area contributed by atoms with Crippen LogP contribution < -0.4 is 10.1 Å². The van der Waals surface area contributed by atoms with Crippen LogP contribution in [0.5, 0.6) is 11.6 Å². The summed E-state index contributed by atoms with van der Waals surface area (Å²) in [6.07, 6.45) is 0.722. The lowest BCUT2D eigenvalue weighted by molar-refractivity contribution is 0.00813. The molecular formula is C20H22FN7O2. The van der Waals surface area contributed by atoms with E-state index in [-0.39, 0.29) is 17.7 Å². The van der Waals surface area contributed by atoms with E-state index >= 15 is 0 Å². The molecule has 9 nitrogen and oxygen atoms in total. The molecule has 2 aliphatic heterocycles. The lowest BCUT2D eigenvalue weighted by Crippen LogP contribution is -2.59. The Hall–Kier alpha value is -3.14. The number of benzene rings is 1. The van der Waals surface area contributed by atoms with E-state index in [9.17, 15) is 9.50 Å². The maximum absolute atomic E-state index is 14.9. The van der Waals surface area contributed by atoms with Crippen molar-refractivity contribution in [1.29, 1.82) is 0 Å². The number of piperidine rings is 1. The Kier molecular flexibility index (Phi) is 4.39. The summed E-state index contributed by atoms with van der Waals surface area (Å²) >= 11 is 0. The summed E-state index contributed by atoms with van der Waals surface area (Å²) in [4.78, 5) is 1.33. The molecule has 2 saturated heterocycles. The van der Waals surface area contributed by atoms with E-state index in [0.29, 0.717) is 29.2 Å². The average molecular weight is 411 g/mol. The highest BCUT2D eigenvalue weighted by molar-refractivity contribution is 5.68. The van der Waals surface area contributed by atoms with Crippen molar-refractivity contribution in [3.63, 3.8) is 0 Å². The largest absolute Gasteiger partial charge is 0.507 e. The maximum Gasteiger partial charge on any atom is 0.233 e. The summed E-state index contributed by atoms with van der Waals surface area (Å²) < 4.78 is 20.7. The summed E-state index contributed by atoms with van der Waals surface area (Å²) in [7, 11) is 0. The first-order chi connectivity index (χ1) is 14.4. The first kappa shape index (κ1) is 18.9. The summed E-state index contributed by atoms with van der Waals surface area (Å²) in [5.41, 5.74) is 1.02. The molecule has 0 aliphatic carbocycles. The summed E-state index contributed by atoms with van der Waals surface area (Å²) in [5.74, 6) is 0.818. The van der Waals surface area contributed by atoms with Crippen molar-refractivity contribution in [1.82, 2.24) is 35.7 Å². The number of rotatable bonds is 4. The number of aromatic hydroxyl groups is 1. The van der Waals surface area contributed by atoms with Gasteiger partial charge in [0, 0.05) is 30.2 Å². The number of halogens is 1. The lowest BCUT2D eigenvalue weighted by Gasteiger charge is -2.39. The molecule has 0 saturated carbocycles. The number of fused-ring (bicyclic) bond motifs is 2. The smallest absolute Gasteiger partial charge is 0.233 e. The lowest BCUT2D eigenvalue weighted by atomic mass is 9.88. The molecule has 1 aromatic carbocycles. The SMILES string of the molecule is Cc1nnn(-c2ccc(-c3ccc(O[C@@H]4C[C@H]5CC[C@](C)(N5)[C@H]4F)nn3)c(O)c2)n1. The highest BCUT2D eigenvalue weighted by atomic mass is 19.1. The number of hydrogen-bond donors (Lipinski definition) is 2. The Bertz CT molecular complexity index is 1070. The van der Waals surface area contributed by atoms with Crippen molar-refractivity contribution in [3.05, 3.63) is 36.2 Å². The highest BCUT2D eigenvalue weighted by Crippen LogP contribution is 2.39. The number of hydrogen-bond acceptors (Lipinski definition) is 8. The molecule has 0 amide bonds. The van der Waals surface area contributed by atoms with E-state index in [0.717, 1.165) is 12.8 Å². The van der Waals surface area contributed by atoms with Crippen LogP contribution in [0.15, 0.2) is 30.3 Å². The van der Waals surface area contributed by atoms with Gasteiger partial charge in [-0.05, 0) is 50.1 Å². The van der Waals surface area contributed by atoms with E-state index in [1.165, 1.54) is 10.9 Å². The minimum absolute atomic E-state index is 0.0112. The van der Waals surface area contributed by atoms with Gasteiger partial charge in [-0.2, -0.15) is 0 Å². The predicted molar refractivity (Wildman–Crippen MR) is 105 cm³/mol. The molecule has 4 atom stereocenters. The molecule has 0 unspecified atom stereocenters. The zero-order valence-electron chi connectivity index (χ0n) is 16.7. The van der Waals surface area contributed by atoms with Crippen molar-refractivity contribution < 1.29 is 14.2 Å². The molecule has 10 heteroatoms. The number of aryl methyl sites for hydroxylation is 1. The van der Waals surface area contributed by atoms with Crippen LogP contribution >= 0.6 is 0 Å². The Balaban J connectivity index is 1.33. The second-order valence-corrected chi connectivity index (χ2v) is 8.18. The van der Waals surface area contributed by atoms with E-state index < -0.39 is 17.8 Å². The summed E-state index contributed by atoms with van der Waals surface area (Å²) in [6.45, 7) is 3.64. The molecule has 156 valence electrons. The van der Waals surface area contributed by atoms with Gasteiger partial charge >= 0.3 is 0 Å². The molecule has 3 aromatic rings. The molecule has 30 heavy (non-hydrogen) atoms.